The minimum absolute atomic E-state index is 0.121. The molecule has 3 aromatic heterocycles. The zero-order valence-electron chi connectivity index (χ0n) is 16.7. The molecule has 1 N–H and O–H groups in total. The third-order valence-corrected chi connectivity index (χ3v) is 7.33. The Balaban J connectivity index is 1.32. The van der Waals surface area contributed by atoms with E-state index in [-0.39, 0.29) is 5.56 Å². The number of fused-ring (bicyclic) bond motifs is 1. The predicted octanol–water partition coefficient (Wildman–Crippen LogP) is 4.58. The highest BCUT2D eigenvalue weighted by Crippen LogP contribution is 2.34. The van der Waals surface area contributed by atoms with E-state index in [1.807, 2.05) is 12.1 Å². The van der Waals surface area contributed by atoms with Gasteiger partial charge in [-0.05, 0) is 25.8 Å². The zero-order valence-corrected chi connectivity index (χ0v) is 18.3. The molecular formula is C21H22N6OS2. The average Bonchev–Trinajstić information content (AvgIpc) is 3.41. The lowest BCUT2D eigenvalue weighted by atomic mass is 9.90. The van der Waals surface area contributed by atoms with Crippen LogP contribution in [0.15, 0.2) is 40.3 Å². The molecule has 5 rings (SSSR count). The van der Waals surface area contributed by atoms with Crippen molar-refractivity contribution in [1.82, 2.24) is 29.8 Å². The van der Waals surface area contributed by atoms with Gasteiger partial charge >= 0.3 is 0 Å². The minimum atomic E-state index is -0.121. The molecule has 1 aliphatic rings. The van der Waals surface area contributed by atoms with Crippen molar-refractivity contribution >= 4 is 28.1 Å². The third kappa shape index (κ3) is 4.04. The molecule has 9 heteroatoms. The molecule has 1 fully saturated rings. The first-order chi connectivity index (χ1) is 14.7. The number of aryl methyl sites for hydroxylation is 1. The van der Waals surface area contributed by atoms with Crippen molar-refractivity contribution in [2.45, 2.75) is 55.9 Å². The van der Waals surface area contributed by atoms with Gasteiger partial charge in [-0.15, -0.1) is 5.10 Å². The summed E-state index contributed by atoms with van der Waals surface area (Å²) in [5.74, 6) is 1.74. The largest absolute Gasteiger partial charge is 0.275 e. The molecule has 0 amide bonds. The summed E-state index contributed by atoms with van der Waals surface area (Å²) in [6, 6.07) is 9.70. The maximum absolute atomic E-state index is 12.5. The number of hydrogen-bond donors (Lipinski definition) is 1. The summed E-state index contributed by atoms with van der Waals surface area (Å²) in [6.45, 7) is 2.05. The number of H-pyrrole nitrogens is 1. The van der Waals surface area contributed by atoms with E-state index in [9.17, 15) is 4.79 Å². The number of thioether (sulfide) groups is 1. The zero-order chi connectivity index (χ0) is 20.5. The number of hydrogen-bond acceptors (Lipinski definition) is 7. The van der Waals surface area contributed by atoms with Crippen LogP contribution in [0.25, 0.3) is 16.3 Å². The Bertz CT molecular complexity index is 1240. The fraction of sp³-hybridized carbons (Fsp3) is 0.381. The second kappa shape index (κ2) is 8.31. The van der Waals surface area contributed by atoms with Gasteiger partial charge in [0.15, 0.2) is 5.82 Å². The fourth-order valence-electron chi connectivity index (χ4n) is 3.83. The second-order valence-electron chi connectivity index (χ2n) is 7.68. The smallest absolute Gasteiger partial charge is 0.267 e. The van der Waals surface area contributed by atoms with Gasteiger partial charge in [0, 0.05) is 23.3 Å². The Morgan fingerprint density at radius 2 is 2.07 bits per heavy atom. The molecule has 0 atom stereocenters. The van der Waals surface area contributed by atoms with Crippen LogP contribution in [0.2, 0.25) is 0 Å². The number of aromatic amines is 1. The number of aromatic nitrogens is 6. The van der Waals surface area contributed by atoms with Crippen molar-refractivity contribution in [3.63, 3.8) is 0 Å². The van der Waals surface area contributed by atoms with E-state index in [1.54, 1.807) is 17.4 Å². The summed E-state index contributed by atoms with van der Waals surface area (Å²) < 4.78 is 1.45. The van der Waals surface area contributed by atoms with Crippen LogP contribution in [0.3, 0.4) is 0 Å². The molecule has 0 unspecified atom stereocenters. The van der Waals surface area contributed by atoms with Crippen LogP contribution in [-0.4, -0.2) is 29.8 Å². The van der Waals surface area contributed by atoms with Crippen molar-refractivity contribution in [2.75, 3.05) is 0 Å². The lowest BCUT2D eigenvalue weighted by Gasteiger charge is -2.18. The van der Waals surface area contributed by atoms with Crippen LogP contribution in [0.1, 0.15) is 54.3 Å². The first-order valence-corrected chi connectivity index (χ1v) is 12.0. The number of nitrogens with zero attached hydrogens (tertiary/aromatic N) is 5. The van der Waals surface area contributed by atoms with Crippen LogP contribution >= 0.6 is 23.1 Å². The highest BCUT2D eigenvalue weighted by atomic mass is 32.2. The maximum Gasteiger partial charge on any atom is 0.275 e. The lowest BCUT2D eigenvalue weighted by Crippen LogP contribution is -2.15. The van der Waals surface area contributed by atoms with Crippen LogP contribution < -0.4 is 5.56 Å². The quantitative estimate of drug-likeness (QED) is 0.459. The maximum atomic E-state index is 12.5. The molecule has 0 saturated heterocycles. The van der Waals surface area contributed by atoms with Crippen molar-refractivity contribution in [3.05, 3.63) is 57.0 Å². The summed E-state index contributed by atoms with van der Waals surface area (Å²) >= 11 is 3.02. The van der Waals surface area contributed by atoms with E-state index >= 15 is 0 Å². The van der Waals surface area contributed by atoms with Gasteiger partial charge in [0.05, 0.1) is 5.69 Å². The molecule has 0 aliphatic heterocycles. The van der Waals surface area contributed by atoms with E-state index in [1.165, 1.54) is 41.1 Å². The summed E-state index contributed by atoms with van der Waals surface area (Å²) in [4.78, 5) is 22.5. The van der Waals surface area contributed by atoms with Gasteiger partial charge in [-0.1, -0.05) is 66.1 Å². The van der Waals surface area contributed by atoms with Gasteiger partial charge < -0.3 is 0 Å². The lowest BCUT2D eigenvalue weighted by molar-refractivity contribution is 0.439. The van der Waals surface area contributed by atoms with Crippen molar-refractivity contribution in [1.29, 1.82) is 0 Å². The van der Waals surface area contributed by atoms with E-state index in [2.05, 4.69) is 44.3 Å². The van der Waals surface area contributed by atoms with Gasteiger partial charge in [0.2, 0.25) is 10.1 Å². The predicted molar refractivity (Wildman–Crippen MR) is 119 cm³/mol. The summed E-state index contributed by atoms with van der Waals surface area (Å²) in [5, 5.41) is 13.5. The number of benzene rings is 1. The average molecular weight is 439 g/mol. The summed E-state index contributed by atoms with van der Waals surface area (Å²) in [6.07, 6.45) is 6.10. The molecule has 0 radical (unpaired) electrons. The summed E-state index contributed by atoms with van der Waals surface area (Å²) in [5.41, 5.74) is 2.79. The standard InChI is InChI=1S/C21H22N6OS2/c1-13-6-5-9-15(10-13)18-23-20(25-24-18)29-12-16-11-17(28)27-21(22-16)30-19(26-27)14-7-3-2-4-8-14/h5-6,9-11,14H,2-4,7-8,12H2,1H3,(H,23,24,25). The highest BCUT2D eigenvalue weighted by molar-refractivity contribution is 7.98. The van der Waals surface area contributed by atoms with Crippen LogP contribution in [0, 0.1) is 6.92 Å². The Morgan fingerprint density at radius 3 is 2.90 bits per heavy atom. The molecular weight excluding hydrogens is 416 g/mol. The van der Waals surface area contributed by atoms with E-state index in [4.69, 9.17) is 0 Å². The van der Waals surface area contributed by atoms with Crippen LogP contribution in [-0.2, 0) is 5.75 Å². The van der Waals surface area contributed by atoms with Crippen molar-refractivity contribution < 1.29 is 0 Å². The number of rotatable bonds is 5. The normalized spacial score (nSPS) is 15.1. The molecule has 7 nitrogen and oxygen atoms in total. The molecule has 1 aliphatic carbocycles. The first kappa shape index (κ1) is 19.4. The number of nitrogens with one attached hydrogen (secondary N) is 1. The monoisotopic (exact) mass is 438 g/mol. The molecule has 1 aromatic carbocycles. The van der Waals surface area contributed by atoms with Gasteiger partial charge in [-0.25, -0.2) is 9.97 Å². The molecule has 3 heterocycles. The van der Waals surface area contributed by atoms with Crippen molar-refractivity contribution in [3.8, 4) is 11.4 Å². The Labute approximate surface area is 182 Å². The molecule has 154 valence electrons. The molecule has 30 heavy (non-hydrogen) atoms. The van der Waals surface area contributed by atoms with Crippen molar-refractivity contribution in [2.24, 2.45) is 0 Å². The SMILES string of the molecule is Cc1cccc(-c2nc(SCc3cc(=O)n4nc(C5CCCCC5)sc4n3)n[nH]2)c1. The molecule has 0 spiro atoms. The highest BCUT2D eigenvalue weighted by Gasteiger charge is 2.20. The van der Waals surface area contributed by atoms with E-state index < -0.39 is 0 Å². The summed E-state index contributed by atoms with van der Waals surface area (Å²) in [7, 11) is 0. The van der Waals surface area contributed by atoms with Gasteiger partial charge in [-0.2, -0.15) is 9.61 Å². The van der Waals surface area contributed by atoms with Crippen LogP contribution in [0.5, 0.6) is 0 Å². The van der Waals surface area contributed by atoms with Gasteiger partial charge in [0.25, 0.3) is 5.56 Å². The molecule has 4 aromatic rings. The second-order valence-corrected chi connectivity index (χ2v) is 9.61. The first-order valence-electron chi connectivity index (χ1n) is 10.2. The minimum Gasteiger partial charge on any atom is -0.267 e. The van der Waals surface area contributed by atoms with E-state index in [0.29, 0.717) is 21.8 Å². The topological polar surface area (TPSA) is 88.8 Å². The Morgan fingerprint density at radius 1 is 1.20 bits per heavy atom. The third-order valence-electron chi connectivity index (χ3n) is 5.37. The Kier molecular flexibility index (Phi) is 5.39. The molecule has 0 bridgehead atoms. The van der Waals surface area contributed by atoms with Gasteiger partial charge in [-0.3, -0.25) is 9.89 Å². The van der Waals surface area contributed by atoms with Crippen LogP contribution in [0.4, 0.5) is 0 Å². The fourth-order valence-corrected chi connectivity index (χ4v) is 5.61. The van der Waals surface area contributed by atoms with E-state index in [0.717, 1.165) is 34.9 Å². The Hall–Kier alpha value is -2.52. The molecule has 1 saturated carbocycles. The van der Waals surface area contributed by atoms with Gasteiger partial charge in [0.1, 0.15) is 5.01 Å².